The number of nitrogens with zero attached hydrogens (tertiary/aromatic N) is 3. The van der Waals surface area contributed by atoms with Gasteiger partial charge < -0.3 is 10.2 Å². The number of hydrogen-bond donors (Lipinski definition) is 1. The van der Waals surface area contributed by atoms with Crippen molar-refractivity contribution in [3.8, 4) is 0 Å². The van der Waals surface area contributed by atoms with Crippen LogP contribution in [0.1, 0.15) is 5.82 Å². The van der Waals surface area contributed by atoms with E-state index in [1.54, 1.807) is 12.1 Å². The molecule has 0 radical (unpaired) electrons. The zero-order chi connectivity index (χ0) is 13.1. The van der Waals surface area contributed by atoms with Crippen molar-refractivity contribution in [1.29, 1.82) is 0 Å². The quantitative estimate of drug-likeness (QED) is 0.904. The summed E-state index contributed by atoms with van der Waals surface area (Å²) in [5.41, 5.74) is 0.872. The van der Waals surface area contributed by atoms with Gasteiger partial charge in [-0.2, -0.15) is 0 Å². The van der Waals surface area contributed by atoms with E-state index in [1.165, 1.54) is 12.1 Å². The molecular formula is C13H15FN4. The SMILES string of the molecule is CNc1cc(N(C)c2ccc(F)cc2)nc(C)n1. The molecular weight excluding hydrogens is 231 g/mol. The minimum absolute atomic E-state index is 0.248. The lowest BCUT2D eigenvalue weighted by Crippen LogP contribution is -2.13. The zero-order valence-corrected chi connectivity index (χ0v) is 10.6. The third-order valence-electron chi connectivity index (χ3n) is 2.64. The average molecular weight is 246 g/mol. The molecule has 2 rings (SSSR count). The first-order valence-electron chi connectivity index (χ1n) is 5.63. The topological polar surface area (TPSA) is 41.0 Å². The number of nitrogens with one attached hydrogen (secondary N) is 1. The normalized spacial score (nSPS) is 10.2. The molecule has 0 saturated heterocycles. The van der Waals surface area contributed by atoms with Gasteiger partial charge in [0.05, 0.1) is 0 Å². The standard InChI is InChI=1S/C13H15FN4/c1-9-16-12(15-2)8-13(17-9)18(3)11-6-4-10(14)5-7-11/h4-8H,1-3H3,(H,15,16,17). The highest BCUT2D eigenvalue weighted by molar-refractivity contribution is 5.61. The highest BCUT2D eigenvalue weighted by atomic mass is 19.1. The Balaban J connectivity index is 2.35. The van der Waals surface area contributed by atoms with Gasteiger partial charge >= 0.3 is 0 Å². The molecule has 0 unspecified atom stereocenters. The van der Waals surface area contributed by atoms with Crippen LogP contribution in [0.25, 0.3) is 0 Å². The van der Waals surface area contributed by atoms with Crippen LogP contribution in [-0.2, 0) is 0 Å². The van der Waals surface area contributed by atoms with Crippen molar-refractivity contribution >= 4 is 17.3 Å². The van der Waals surface area contributed by atoms with E-state index in [2.05, 4.69) is 15.3 Å². The minimum Gasteiger partial charge on any atom is -0.373 e. The first kappa shape index (κ1) is 12.3. The summed E-state index contributed by atoms with van der Waals surface area (Å²) < 4.78 is 12.9. The summed E-state index contributed by atoms with van der Waals surface area (Å²) in [4.78, 5) is 10.5. The van der Waals surface area contributed by atoms with Crippen molar-refractivity contribution in [2.75, 3.05) is 24.3 Å². The van der Waals surface area contributed by atoms with Crippen molar-refractivity contribution in [2.45, 2.75) is 6.92 Å². The Morgan fingerprint density at radius 2 is 1.83 bits per heavy atom. The molecule has 5 heteroatoms. The molecule has 94 valence electrons. The van der Waals surface area contributed by atoms with Gasteiger partial charge in [0.2, 0.25) is 0 Å². The number of anilines is 3. The van der Waals surface area contributed by atoms with Gasteiger partial charge in [-0.25, -0.2) is 14.4 Å². The highest BCUT2D eigenvalue weighted by Gasteiger charge is 2.08. The van der Waals surface area contributed by atoms with Crippen LogP contribution in [0.5, 0.6) is 0 Å². The number of benzene rings is 1. The molecule has 0 bridgehead atoms. The molecule has 1 heterocycles. The Morgan fingerprint density at radius 3 is 2.44 bits per heavy atom. The smallest absolute Gasteiger partial charge is 0.138 e. The van der Waals surface area contributed by atoms with Gasteiger partial charge in [0, 0.05) is 25.8 Å². The van der Waals surface area contributed by atoms with E-state index in [4.69, 9.17) is 0 Å². The molecule has 4 nitrogen and oxygen atoms in total. The fourth-order valence-electron chi connectivity index (χ4n) is 1.65. The van der Waals surface area contributed by atoms with Crippen molar-refractivity contribution in [3.05, 3.63) is 42.0 Å². The number of hydrogen-bond acceptors (Lipinski definition) is 4. The Bertz CT molecular complexity index is 539. The Hall–Kier alpha value is -2.17. The van der Waals surface area contributed by atoms with E-state index >= 15 is 0 Å². The Morgan fingerprint density at radius 1 is 1.17 bits per heavy atom. The second-order valence-electron chi connectivity index (χ2n) is 3.94. The van der Waals surface area contributed by atoms with Gasteiger partial charge in [-0.3, -0.25) is 0 Å². The second-order valence-corrected chi connectivity index (χ2v) is 3.94. The van der Waals surface area contributed by atoms with Crippen LogP contribution in [0.4, 0.5) is 21.7 Å². The van der Waals surface area contributed by atoms with Crippen molar-refractivity contribution < 1.29 is 4.39 Å². The second kappa shape index (κ2) is 5.00. The summed E-state index contributed by atoms with van der Waals surface area (Å²) in [6.45, 7) is 1.84. The lowest BCUT2D eigenvalue weighted by Gasteiger charge is -2.19. The highest BCUT2D eigenvalue weighted by Crippen LogP contribution is 2.23. The molecule has 0 aliphatic carbocycles. The maximum Gasteiger partial charge on any atom is 0.138 e. The number of aryl methyl sites for hydroxylation is 1. The van der Waals surface area contributed by atoms with Gasteiger partial charge in [0.1, 0.15) is 23.3 Å². The lowest BCUT2D eigenvalue weighted by atomic mass is 10.3. The van der Waals surface area contributed by atoms with Crippen LogP contribution < -0.4 is 10.2 Å². The number of aromatic nitrogens is 2. The first-order chi connectivity index (χ1) is 8.60. The van der Waals surface area contributed by atoms with Crippen LogP contribution in [0.2, 0.25) is 0 Å². The predicted molar refractivity (Wildman–Crippen MR) is 70.8 cm³/mol. The summed E-state index contributed by atoms with van der Waals surface area (Å²) in [6, 6.07) is 8.13. The molecule has 0 aliphatic rings. The summed E-state index contributed by atoms with van der Waals surface area (Å²) in [5, 5.41) is 2.99. The molecule has 0 aliphatic heterocycles. The predicted octanol–water partition coefficient (Wildman–Crippen LogP) is 2.73. The summed E-state index contributed by atoms with van der Waals surface area (Å²) in [5.74, 6) is 1.96. The average Bonchev–Trinajstić information content (AvgIpc) is 2.38. The van der Waals surface area contributed by atoms with Crippen molar-refractivity contribution in [2.24, 2.45) is 0 Å². The monoisotopic (exact) mass is 246 g/mol. The fourth-order valence-corrected chi connectivity index (χ4v) is 1.65. The summed E-state index contributed by atoms with van der Waals surface area (Å²) >= 11 is 0. The molecule has 0 fully saturated rings. The lowest BCUT2D eigenvalue weighted by molar-refractivity contribution is 0.628. The van der Waals surface area contributed by atoms with Gasteiger partial charge in [0.25, 0.3) is 0 Å². The fraction of sp³-hybridized carbons (Fsp3) is 0.231. The van der Waals surface area contributed by atoms with Gasteiger partial charge in [-0.05, 0) is 31.2 Å². The van der Waals surface area contributed by atoms with Gasteiger partial charge in [-0.15, -0.1) is 0 Å². The first-order valence-corrected chi connectivity index (χ1v) is 5.63. The summed E-state index contributed by atoms with van der Waals surface area (Å²) in [6.07, 6.45) is 0. The van der Waals surface area contributed by atoms with Crippen LogP contribution in [0, 0.1) is 12.7 Å². The molecule has 18 heavy (non-hydrogen) atoms. The van der Waals surface area contributed by atoms with E-state index in [-0.39, 0.29) is 5.82 Å². The molecule has 0 atom stereocenters. The molecule has 1 aromatic carbocycles. The van der Waals surface area contributed by atoms with Gasteiger partial charge in [0.15, 0.2) is 0 Å². The van der Waals surface area contributed by atoms with Crippen LogP contribution in [0.3, 0.4) is 0 Å². The van der Waals surface area contributed by atoms with Crippen molar-refractivity contribution in [3.63, 3.8) is 0 Å². The van der Waals surface area contributed by atoms with E-state index in [0.29, 0.717) is 5.82 Å². The van der Waals surface area contributed by atoms with Crippen LogP contribution in [0.15, 0.2) is 30.3 Å². The van der Waals surface area contributed by atoms with E-state index in [0.717, 1.165) is 17.3 Å². The van der Waals surface area contributed by atoms with E-state index in [1.807, 2.05) is 32.0 Å². The molecule has 1 N–H and O–H groups in total. The minimum atomic E-state index is -0.248. The summed E-state index contributed by atoms with van der Waals surface area (Å²) in [7, 11) is 3.69. The number of halogens is 1. The van der Waals surface area contributed by atoms with E-state index in [9.17, 15) is 4.39 Å². The van der Waals surface area contributed by atoms with E-state index < -0.39 is 0 Å². The van der Waals surface area contributed by atoms with Crippen LogP contribution >= 0.6 is 0 Å². The van der Waals surface area contributed by atoms with Crippen molar-refractivity contribution in [1.82, 2.24) is 9.97 Å². The molecule has 0 spiro atoms. The molecule has 2 aromatic rings. The van der Waals surface area contributed by atoms with Gasteiger partial charge in [-0.1, -0.05) is 0 Å². The Kier molecular flexibility index (Phi) is 3.41. The molecule has 0 amide bonds. The maximum atomic E-state index is 12.9. The number of rotatable bonds is 3. The molecule has 0 saturated carbocycles. The van der Waals surface area contributed by atoms with Crippen LogP contribution in [-0.4, -0.2) is 24.1 Å². The Labute approximate surface area is 105 Å². The maximum absolute atomic E-state index is 12.9. The third kappa shape index (κ3) is 2.56. The third-order valence-corrected chi connectivity index (χ3v) is 2.64. The molecule has 1 aromatic heterocycles. The zero-order valence-electron chi connectivity index (χ0n) is 10.6. The largest absolute Gasteiger partial charge is 0.373 e.